The molecule has 0 atom stereocenters. The summed E-state index contributed by atoms with van der Waals surface area (Å²) in [7, 11) is 0. The monoisotopic (exact) mass is 279 g/mol. The highest BCUT2D eigenvalue weighted by atomic mass is 35.5. The predicted molar refractivity (Wildman–Crippen MR) is 76.8 cm³/mol. The molecule has 0 aliphatic carbocycles. The van der Waals surface area contributed by atoms with Gasteiger partial charge in [-0.1, -0.05) is 11.6 Å². The standard InChI is InChI=1S/C15H18ClNO2/c1-11-8-14(9-12(2)15(11)16)19-7-5-17-10-13-4-3-6-18-13/h3-4,6,8-9,17H,5,7,10H2,1-2H3. The van der Waals surface area contributed by atoms with Crippen molar-refractivity contribution in [2.45, 2.75) is 20.4 Å². The van der Waals surface area contributed by atoms with Crippen molar-refractivity contribution in [1.29, 1.82) is 0 Å². The van der Waals surface area contributed by atoms with E-state index in [1.54, 1.807) is 6.26 Å². The number of hydrogen-bond acceptors (Lipinski definition) is 3. The normalized spacial score (nSPS) is 10.7. The molecule has 0 amide bonds. The van der Waals surface area contributed by atoms with Crippen LogP contribution >= 0.6 is 11.6 Å². The Morgan fingerprint density at radius 1 is 1.26 bits per heavy atom. The van der Waals surface area contributed by atoms with E-state index >= 15 is 0 Å². The zero-order valence-electron chi connectivity index (χ0n) is 11.2. The summed E-state index contributed by atoms with van der Waals surface area (Å²) in [4.78, 5) is 0. The molecule has 1 heterocycles. The summed E-state index contributed by atoms with van der Waals surface area (Å²) in [5, 5.41) is 4.06. The van der Waals surface area contributed by atoms with Crippen molar-refractivity contribution in [3.8, 4) is 5.75 Å². The van der Waals surface area contributed by atoms with Crippen LogP contribution in [0.15, 0.2) is 34.9 Å². The van der Waals surface area contributed by atoms with E-state index in [2.05, 4.69) is 5.32 Å². The number of nitrogens with one attached hydrogen (secondary N) is 1. The average Bonchev–Trinajstić information content (AvgIpc) is 2.88. The van der Waals surface area contributed by atoms with Crippen LogP contribution in [0, 0.1) is 13.8 Å². The Balaban J connectivity index is 1.74. The zero-order chi connectivity index (χ0) is 13.7. The highest BCUT2D eigenvalue weighted by Crippen LogP contribution is 2.25. The van der Waals surface area contributed by atoms with Gasteiger partial charge in [0.2, 0.25) is 0 Å². The van der Waals surface area contributed by atoms with Crippen LogP contribution in [0.3, 0.4) is 0 Å². The van der Waals surface area contributed by atoms with Gasteiger partial charge in [-0.2, -0.15) is 0 Å². The summed E-state index contributed by atoms with van der Waals surface area (Å²) in [5.41, 5.74) is 2.08. The van der Waals surface area contributed by atoms with Gasteiger partial charge >= 0.3 is 0 Å². The molecule has 0 saturated carbocycles. The smallest absolute Gasteiger partial charge is 0.119 e. The molecule has 0 saturated heterocycles. The topological polar surface area (TPSA) is 34.4 Å². The molecule has 1 aromatic carbocycles. The molecule has 3 nitrogen and oxygen atoms in total. The second kappa shape index (κ2) is 6.64. The van der Waals surface area contributed by atoms with E-state index in [0.717, 1.165) is 40.7 Å². The van der Waals surface area contributed by atoms with Gasteiger partial charge in [-0.25, -0.2) is 0 Å². The molecule has 0 bridgehead atoms. The molecular weight excluding hydrogens is 262 g/mol. The van der Waals surface area contributed by atoms with Gasteiger partial charge in [-0.05, 0) is 49.2 Å². The maximum atomic E-state index is 6.11. The first kappa shape index (κ1) is 14.0. The minimum atomic E-state index is 0.612. The summed E-state index contributed by atoms with van der Waals surface area (Å²) < 4.78 is 10.9. The maximum Gasteiger partial charge on any atom is 0.119 e. The fourth-order valence-corrected chi connectivity index (χ4v) is 1.96. The summed E-state index contributed by atoms with van der Waals surface area (Å²) in [5.74, 6) is 1.79. The lowest BCUT2D eigenvalue weighted by Crippen LogP contribution is -2.20. The van der Waals surface area contributed by atoms with Gasteiger partial charge in [0.1, 0.15) is 18.1 Å². The van der Waals surface area contributed by atoms with Crippen LogP contribution in [-0.2, 0) is 6.54 Å². The summed E-state index contributed by atoms with van der Waals surface area (Å²) in [6.07, 6.45) is 1.67. The van der Waals surface area contributed by atoms with Crippen molar-refractivity contribution in [1.82, 2.24) is 5.32 Å². The maximum absolute atomic E-state index is 6.11. The van der Waals surface area contributed by atoms with Crippen molar-refractivity contribution >= 4 is 11.6 Å². The molecule has 0 spiro atoms. The number of ether oxygens (including phenoxy) is 1. The molecule has 1 N–H and O–H groups in total. The third kappa shape index (κ3) is 4.01. The molecule has 19 heavy (non-hydrogen) atoms. The quantitative estimate of drug-likeness (QED) is 0.819. The van der Waals surface area contributed by atoms with Crippen LogP contribution in [0.1, 0.15) is 16.9 Å². The van der Waals surface area contributed by atoms with Crippen LogP contribution < -0.4 is 10.1 Å². The molecule has 1 aromatic heterocycles. The average molecular weight is 280 g/mol. The van der Waals surface area contributed by atoms with Crippen LogP contribution in [0.2, 0.25) is 5.02 Å². The van der Waals surface area contributed by atoms with Crippen molar-refractivity contribution in [3.05, 3.63) is 52.4 Å². The highest BCUT2D eigenvalue weighted by Gasteiger charge is 2.03. The lowest BCUT2D eigenvalue weighted by Gasteiger charge is -2.10. The van der Waals surface area contributed by atoms with Gasteiger partial charge < -0.3 is 14.5 Å². The third-order valence-corrected chi connectivity index (χ3v) is 3.43. The number of rotatable bonds is 6. The number of aryl methyl sites for hydroxylation is 2. The van der Waals surface area contributed by atoms with Gasteiger partial charge in [0, 0.05) is 11.6 Å². The Hall–Kier alpha value is -1.45. The Bertz CT molecular complexity index is 500. The summed E-state index contributed by atoms with van der Waals surface area (Å²) >= 11 is 6.11. The molecule has 0 aliphatic rings. The van der Waals surface area contributed by atoms with Gasteiger partial charge in [0.05, 0.1) is 12.8 Å². The molecule has 0 unspecified atom stereocenters. The zero-order valence-corrected chi connectivity index (χ0v) is 12.0. The SMILES string of the molecule is Cc1cc(OCCNCc2ccco2)cc(C)c1Cl. The van der Waals surface area contributed by atoms with E-state index in [-0.39, 0.29) is 0 Å². The Morgan fingerprint density at radius 3 is 2.63 bits per heavy atom. The van der Waals surface area contributed by atoms with Crippen LogP contribution in [0.4, 0.5) is 0 Å². The van der Waals surface area contributed by atoms with Crippen molar-refractivity contribution in [2.24, 2.45) is 0 Å². The van der Waals surface area contributed by atoms with Crippen molar-refractivity contribution in [2.75, 3.05) is 13.2 Å². The largest absolute Gasteiger partial charge is 0.492 e. The Labute approximate surface area is 118 Å². The van der Waals surface area contributed by atoms with E-state index in [1.165, 1.54) is 0 Å². The third-order valence-electron chi connectivity index (χ3n) is 2.84. The van der Waals surface area contributed by atoms with E-state index < -0.39 is 0 Å². The Morgan fingerprint density at radius 2 is 2.00 bits per heavy atom. The van der Waals surface area contributed by atoms with E-state index in [0.29, 0.717) is 6.61 Å². The van der Waals surface area contributed by atoms with E-state index in [1.807, 2.05) is 38.1 Å². The lowest BCUT2D eigenvalue weighted by atomic mass is 10.1. The second-order valence-corrected chi connectivity index (χ2v) is 4.85. The summed E-state index contributed by atoms with van der Waals surface area (Å²) in [6.45, 7) is 6.06. The highest BCUT2D eigenvalue weighted by molar-refractivity contribution is 6.32. The predicted octanol–water partition coefficient (Wildman–Crippen LogP) is 3.72. The fourth-order valence-electron chi connectivity index (χ4n) is 1.86. The van der Waals surface area contributed by atoms with E-state index in [4.69, 9.17) is 20.8 Å². The van der Waals surface area contributed by atoms with Gasteiger partial charge in [-0.15, -0.1) is 0 Å². The molecular formula is C15H18ClNO2. The number of halogens is 1. The number of benzene rings is 1. The number of hydrogen-bond donors (Lipinski definition) is 1. The molecule has 2 rings (SSSR count). The second-order valence-electron chi connectivity index (χ2n) is 4.48. The lowest BCUT2D eigenvalue weighted by molar-refractivity contribution is 0.310. The minimum absolute atomic E-state index is 0.612. The molecule has 2 aromatic rings. The van der Waals surface area contributed by atoms with E-state index in [9.17, 15) is 0 Å². The molecule has 102 valence electrons. The molecule has 0 radical (unpaired) electrons. The summed E-state index contributed by atoms with van der Waals surface area (Å²) in [6, 6.07) is 7.75. The molecule has 0 fully saturated rings. The van der Waals surface area contributed by atoms with Crippen molar-refractivity contribution < 1.29 is 9.15 Å². The first-order valence-electron chi connectivity index (χ1n) is 6.29. The minimum Gasteiger partial charge on any atom is -0.492 e. The fraction of sp³-hybridized carbons (Fsp3) is 0.333. The first-order chi connectivity index (χ1) is 9.16. The van der Waals surface area contributed by atoms with Crippen LogP contribution in [0.25, 0.3) is 0 Å². The first-order valence-corrected chi connectivity index (χ1v) is 6.67. The molecule has 0 aliphatic heterocycles. The number of furan rings is 1. The Kier molecular flexibility index (Phi) is 4.88. The van der Waals surface area contributed by atoms with Gasteiger partial charge in [-0.3, -0.25) is 0 Å². The van der Waals surface area contributed by atoms with Crippen LogP contribution in [0.5, 0.6) is 5.75 Å². The van der Waals surface area contributed by atoms with Gasteiger partial charge in [0.25, 0.3) is 0 Å². The molecule has 4 heteroatoms. The van der Waals surface area contributed by atoms with Crippen molar-refractivity contribution in [3.63, 3.8) is 0 Å². The van der Waals surface area contributed by atoms with Crippen LogP contribution in [-0.4, -0.2) is 13.2 Å². The van der Waals surface area contributed by atoms with Gasteiger partial charge in [0.15, 0.2) is 0 Å².